The fourth-order valence-corrected chi connectivity index (χ4v) is 2.33. The molecule has 0 amide bonds. The Hall–Kier alpha value is -1.91. The van der Waals surface area contributed by atoms with Gasteiger partial charge in [-0.1, -0.05) is 23.7 Å². The normalized spacial score (nSPS) is 11.8. The Morgan fingerprint density at radius 2 is 1.90 bits per heavy atom. The molecule has 0 heterocycles. The van der Waals surface area contributed by atoms with E-state index in [4.69, 9.17) is 26.8 Å². The molecule has 1 unspecified atom stereocenters. The molecule has 0 aliphatic rings. The maximum atomic E-state index is 6.18. The number of hydrogen-bond acceptors (Lipinski definition) is 4. The fourth-order valence-electron chi connectivity index (χ4n) is 2.14. The third-order valence-corrected chi connectivity index (χ3v) is 3.58. The van der Waals surface area contributed by atoms with Gasteiger partial charge >= 0.3 is 0 Å². The Kier molecular flexibility index (Phi) is 5.31. The molecule has 0 aliphatic heterocycles. The lowest BCUT2D eigenvalue weighted by Crippen LogP contribution is -2.21. The molecule has 0 aliphatic carbocycles. The molecule has 0 spiro atoms. The van der Waals surface area contributed by atoms with Crippen LogP contribution >= 0.6 is 11.6 Å². The summed E-state index contributed by atoms with van der Waals surface area (Å²) >= 11 is 6.18. The highest BCUT2D eigenvalue weighted by Crippen LogP contribution is 2.32. The summed E-state index contributed by atoms with van der Waals surface area (Å²) in [6.45, 7) is 0.411. The molecule has 1 atom stereocenters. The average molecular weight is 307 g/mol. The SMILES string of the molecule is COc1ccc(C(CN)Nc2ccccc2Cl)c(OC)c1. The first-order valence-electron chi connectivity index (χ1n) is 6.62. The molecule has 0 aromatic heterocycles. The van der Waals surface area contributed by atoms with Crippen LogP contribution in [-0.2, 0) is 0 Å². The lowest BCUT2D eigenvalue weighted by Gasteiger charge is -2.22. The van der Waals surface area contributed by atoms with E-state index in [1.54, 1.807) is 14.2 Å². The van der Waals surface area contributed by atoms with Gasteiger partial charge in [0.25, 0.3) is 0 Å². The summed E-state index contributed by atoms with van der Waals surface area (Å²) in [5, 5.41) is 4.00. The number of nitrogens with two attached hydrogens (primary N) is 1. The van der Waals surface area contributed by atoms with Crippen LogP contribution in [-0.4, -0.2) is 20.8 Å². The van der Waals surface area contributed by atoms with Crippen molar-refractivity contribution in [1.82, 2.24) is 0 Å². The van der Waals surface area contributed by atoms with Crippen molar-refractivity contribution in [2.75, 3.05) is 26.1 Å². The van der Waals surface area contributed by atoms with Crippen LogP contribution in [0, 0.1) is 0 Å². The van der Waals surface area contributed by atoms with Gasteiger partial charge in [0.05, 0.1) is 31.0 Å². The van der Waals surface area contributed by atoms with E-state index in [-0.39, 0.29) is 6.04 Å². The number of benzene rings is 2. The van der Waals surface area contributed by atoms with Crippen LogP contribution < -0.4 is 20.5 Å². The van der Waals surface area contributed by atoms with Crippen LogP contribution in [0.25, 0.3) is 0 Å². The van der Waals surface area contributed by atoms with Gasteiger partial charge in [0.2, 0.25) is 0 Å². The zero-order valence-electron chi connectivity index (χ0n) is 12.1. The van der Waals surface area contributed by atoms with Gasteiger partial charge < -0.3 is 20.5 Å². The molecule has 2 aromatic carbocycles. The minimum atomic E-state index is -0.106. The maximum Gasteiger partial charge on any atom is 0.127 e. The van der Waals surface area contributed by atoms with Crippen LogP contribution in [0.2, 0.25) is 5.02 Å². The van der Waals surface area contributed by atoms with Crippen LogP contribution in [0.15, 0.2) is 42.5 Å². The van der Waals surface area contributed by atoms with E-state index in [0.717, 1.165) is 22.7 Å². The number of anilines is 1. The predicted molar refractivity (Wildman–Crippen MR) is 86.4 cm³/mol. The molecule has 21 heavy (non-hydrogen) atoms. The van der Waals surface area contributed by atoms with Crippen molar-refractivity contribution < 1.29 is 9.47 Å². The third-order valence-electron chi connectivity index (χ3n) is 3.26. The standard InChI is InChI=1S/C16H19ClN2O2/c1-20-11-7-8-12(16(9-11)21-2)15(10-18)19-14-6-4-3-5-13(14)17/h3-9,15,19H,10,18H2,1-2H3. The van der Waals surface area contributed by atoms with E-state index in [0.29, 0.717) is 11.6 Å². The molecule has 4 nitrogen and oxygen atoms in total. The van der Waals surface area contributed by atoms with Crippen LogP contribution in [0.5, 0.6) is 11.5 Å². The zero-order chi connectivity index (χ0) is 15.2. The second-order valence-electron chi connectivity index (χ2n) is 4.52. The Morgan fingerprint density at radius 1 is 1.14 bits per heavy atom. The highest BCUT2D eigenvalue weighted by atomic mass is 35.5. The first-order chi connectivity index (χ1) is 10.2. The second-order valence-corrected chi connectivity index (χ2v) is 4.93. The topological polar surface area (TPSA) is 56.5 Å². The van der Waals surface area contributed by atoms with Crippen LogP contribution in [0.1, 0.15) is 11.6 Å². The quantitative estimate of drug-likeness (QED) is 0.858. The van der Waals surface area contributed by atoms with E-state index in [1.165, 1.54) is 0 Å². The van der Waals surface area contributed by atoms with Crippen molar-refractivity contribution >= 4 is 17.3 Å². The first kappa shape index (κ1) is 15.5. The summed E-state index contributed by atoms with van der Waals surface area (Å²) in [6, 6.07) is 13.1. The summed E-state index contributed by atoms with van der Waals surface area (Å²) in [6.07, 6.45) is 0. The van der Waals surface area contributed by atoms with Crippen molar-refractivity contribution in [1.29, 1.82) is 0 Å². The van der Waals surface area contributed by atoms with Gasteiger partial charge in [0.1, 0.15) is 11.5 Å². The Morgan fingerprint density at radius 3 is 2.52 bits per heavy atom. The summed E-state index contributed by atoms with van der Waals surface area (Å²) in [7, 11) is 3.25. The Bertz CT molecular complexity index is 605. The van der Waals surface area contributed by atoms with E-state index in [1.807, 2.05) is 42.5 Å². The maximum absolute atomic E-state index is 6.18. The van der Waals surface area contributed by atoms with Crippen molar-refractivity contribution in [3.63, 3.8) is 0 Å². The summed E-state index contributed by atoms with van der Waals surface area (Å²) in [5.41, 5.74) is 7.70. The van der Waals surface area contributed by atoms with Crippen LogP contribution in [0.3, 0.4) is 0 Å². The largest absolute Gasteiger partial charge is 0.497 e. The highest BCUT2D eigenvalue weighted by Gasteiger charge is 2.16. The van der Waals surface area contributed by atoms with E-state index in [2.05, 4.69) is 5.32 Å². The van der Waals surface area contributed by atoms with Crippen molar-refractivity contribution in [3.05, 3.63) is 53.1 Å². The molecule has 0 saturated heterocycles. The van der Waals surface area contributed by atoms with Crippen molar-refractivity contribution in [2.45, 2.75) is 6.04 Å². The Labute approximate surface area is 129 Å². The number of ether oxygens (including phenoxy) is 2. The van der Waals surface area contributed by atoms with Crippen LogP contribution in [0.4, 0.5) is 5.69 Å². The smallest absolute Gasteiger partial charge is 0.127 e. The van der Waals surface area contributed by atoms with E-state index >= 15 is 0 Å². The van der Waals surface area contributed by atoms with E-state index < -0.39 is 0 Å². The van der Waals surface area contributed by atoms with Gasteiger partial charge in [-0.3, -0.25) is 0 Å². The Balaban J connectivity index is 2.31. The molecule has 0 radical (unpaired) electrons. The molecule has 5 heteroatoms. The number of methoxy groups -OCH3 is 2. The van der Waals surface area contributed by atoms with E-state index in [9.17, 15) is 0 Å². The molecule has 0 fully saturated rings. The number of rotatable bonds is 6. The number of hydrogen-bond donors (Lipinski definition) is 2. The molecule has 2 aromatic rings. The van der Waals surface area contributed by atoms with Gasteiger partial charge in [-0.2, -0.15) is 0 Å². The first-order valence-corrected chi connectivity index (χ1v) is 7.00. The molecule has 3 N–H and O–H groups in total. The minimum absolute atomic E-state index is 0.106. The molecular weight excluding hydrogens is 288 g/mol. The lowest BCUT2D eigenvalue weighted by molar-refractivity contribution is 0.389. The molecular formula is C16H19ClN2O2. The number of nitrogens with one attached hydrogen (secondary N) is 1. The molecule has 0 bridgehead atoms. The van der Waals surface area contributed by atoms with Gasteiger partial charge in [0, 0.05) is 18.2 Å². The van der Waals surface area contributed by atoms with Gasteiger partial charge in [-0.05, 0) is 24.3 Å². The average Bonchev–Trinajstić information content (AvgIpc) is 2.53. The lowest BCUT2D eigenvalue weighted by atomic mass is 10.0. The zero-order valence-corrected chi connectivity index (χ0v) is 12.9. The summed E-state index contributed by atoms with van der Waals surface area (Å²) in [4.78, 5) is 0. The van der Waals surface area contributed by atoms with Gasteiger partial charge in [-0.15, -0.1) is 0 Å². The van der Waals surface area contributed by atoms with Crippen molar-refractivity contribution in [2.24, 2.45) is 5.73 Å². The van der Waals surface area contributed by atoms with Crippen molar-refractivity contribution in [3.8, 4) is 11.5 Å². The fraction of sp³-hybridized carbons (Fsp3) is 0.250. The highest BCUT2D eigenvalue weighted by molar-refractivity contribution is 6.33. The number of halogens is 1. The molecule has 2 rings (SSSR count). The van der Waals surface area contributed by atoms with Gasteiger partial charge in [-0.25, -0.2) is 0 Å². The summed E-state index contributed by atoms with van der Waals surface area (Å²) in [5.74, 6) is 1.47. The third kappa shape index (κ3) is 3.60. The summed E-state index contributed by atoms with van der Waals surface area (Å²) < 4.78 is 10.6. The number of para-hydroxylation sites is 1. The molecule has 112 valence electrons. The molecule has 0 saturated carbocycles. The predicted octanol–water partition coefficient (Wildman–Crippen LogP) is 3.47. The second kappa shape index (κ2) is 7.20. The van der Waals surface area contributed by atoms with Gasteiger partial charge in [0.15, 0.2) is 0 Å². The minimum Gasteiger partial charge on any atom is -0.497 e. The monoisotopic (exact) mass is 306 g/mol.